The van der Waals surface area contributed by atoms with E-state index >= 15 is 0 Å². The molecule has 2 heterocycles. The molecule has 11 heteroatoms. The first-order valence-corrected chi connectivity index (χ1v) is 15.0. The summed E-state index contributed by atoms with van der Waals surface area (Å²) >= 11 is 0. The van der Waals surface area contributed by atoms with Crippen molar-refractivity contribution in [2.24, 2.45) is 0 Å². The number of aliphatic hydroxyl groups excluding tert-OH is 5. The molecule has 1 aliphatic rings. The van der Waals surface area contributed by atoms with Gasteiger partial charge in [-0.2, -0.15) is 0 Å². The predicted octanol–water partition coefficient (Wildman–Crippen LogP) is 2.19. The Hall–Kier alpha value is -4.52. The van der Waals surface area contributed by atoms with Crippen molar-refractivity contribution < 1.29 is 39.9 Å². The van der Waals surface area contributed by atoms with Crippen molar-refractivity contribution in [1.29, 1.82) is 0 Å². The van der Waals surface area contributed by atoms with E-state index in [1.54, 1.807) is 24.1 Å². The van der Waals surface area contributed by atoms with Gasteiger partial charge in [-0.15, -0.1) is 0 Å². The summed E-state index contributed by atoms with van der Waals surface area (Å²) in [5, 5.41) is 49.3. The van der Waals surface area contributed by atoms with E-state index in [2.05, 4.69) is 0 Å². The number of methoxy groups -OCH3 is 1. The van der Waals surface area contributed by atoms with E-state index in [0.29, 0.717) is 17.8 Å². The lowest BCUT2D eigenvalue weighted by Crippen LogP contribution is -2.50. The fourth-order valence-electron chi connectivity index (χ4n) is 5.88. The summed E-state index contributed by atoms with van der Waals surface area (Å²) in [4.78, 5) is 30.6. The van der Waals surface area contributed by atoms with Crippen LogP contribution in [0.4, 0.5) is 5.69 Å². The summed E-state index contributed by atoms with van der Waals surface area (Å²) in [7, 11) is 3.08. The van der Waals surface area contributed by atoms with Crippen molar-refractivity contribution in [3.8, 4) is 16.9 Å². The molecule has 11 nitrogen and oxygen atoms in total. The Balaban J connectivity index is 1.41. The first-order valence-electron chi connectivity index (χ1n) is 15.0. The van der Waals surface area contributed by atoms with Gasteiger partial charge in [-0.1, -0.05) is 42.5 Å². The summed E-state index contributed by atoms with van der Waals surface area (Å²) in [6.45, 7) is 1.33. The van der Waals surface area contributed by atoms with Crippen molar-refractivity contribution in [2.75, 3.05) is 32.2 Å². The van der Waals surface area contributed by atoms with Crippen molar-refractivity contribution in [3.05, 3.63) is 107 Å². The molecule has 1 aromatic heterocycles. The molecule has 0 aliphatic carbocycles. The highest BCUT2D eigenvalue weighted by Crippen LogP contribution is 2.34. The molecule has 0 unspecified atom stereocenters. The Morgan fingerprint density at radius 2 is 1.57 bits per heavy atom. The van der Waals surface area contributed by atoms with Gasteiger partial charge in [0.1, 0.15) is 35.9 Å². The van der Waals surface area contributed by atoms with Gasteiger partial charge in [-0.3, -0.25) is 9.59 Å². The molecule has 46 heavy (non-hydrogen) atoms. The summed E-state index contributed by atoms with van der Waals surface area (Å²) in [5.41, 5.74) is 5.94. The van der Waals surface area contributed by atoms with Gasteiger partial charge in [0.25, 0.3) is 11.8 Å². The molecule has 0 radical (unpaired) electrons. The summed E-state index contributed by atoms with van der Waals surface area (Å²) in [6.07, 6.45) is -6.82. The van der Waals surface area contributed by atoms with Crippen LogP contribution < -0.4 is 9.64 Å². The maximum absolute atomic E-state index is 14.1. The van der Waals surface area contributed by atoms with Gasteiger partial charge in [-0.05, 0) is 60.0 Å². The summed E-state index contributed by atoms with van der Waals surface area (Å²) in [5.74, 6) is 0.101. The molecular formula is C35H39N3O8. The van der Waals surface area contributed by atoms with Crippen molar-refractivity contribution in [1.82, 2.24) is 9.47 Å². The predicted molar refractivity (Wildman–Crippen MR) is 172 cm³/mol. The van der Waals surface area contributed by atoms with Gasteiger partial charge in [0.05, 0.1) is 26.8 Å². The normalized spacial score (nSPS) is 15.2. The number of hydrogen-bond acceptors (Lipinski definition) is 8. The van der Waals surface area contributed by atoms with E-state index in [4.69, 9.17) is 9.84 Å². The quantitative estimate of drug-likeness (QED) is 0.179. The van der Waals surface area contributed by atoms with E-state index in [1.165, 1.54) is 11.9 Å². The van der Waals surface area contributed by atoms with Gasteiger partial charge in [0.15, 0.2) is 0 Å². The van der Waals surface area contributed by atoms with E-state index in [1.807, 2.05) is 78.2 Å². The fraction of sp³-hybridized carbons (Fsp3) is 0.314. The lowest BCUT2D eigenvalue weighted by atomic mass is 9.97. The zero-order chi connectivity index (χ0) is 33.1. The topological polar surface area (TPSA) is 156 Å². The minimum atomic E-state index is -1.80. The zero-order valence-corrected chi connectivity index (χ0v) is 25.9. The standard InChI is InChI=1S/C35H39N3O8/c1-21-16-22(12-14-25(21)26-9-5-7-11-31(26)46-3)34(44)38-18-24-13-15-28(37(24)17-23-8-4-6-10-27(23)38)35(45)36(2)19-29(40)32(42)33(43)30(41)20-39/h4-16,29-30,32-33,39-43H,17-20H2,1-3H3/t29-,30+,32+,33+/m0/s1. The third-order valence-electron chi connectivity index (χ3n) is 8.47. The SMILES string of the molecule is COc1ccccc1-c1ccc(C(=O)N2Cc3ccc(C(=O)N(C)C[C@H](O)[C@@H](O)[C@H](O)[C@H](O)CO)n3Cc3ccccc32)cc1C. The maximum Gasteiger partial charge on any atom is 0.270 e. The molecule has 5 rings (SSSR count). The number of aliphatic hydroxyl groups is 5. The van der Waals surface area contributed by atoms with E-state index in [0.717, 1.165) is 39.4 Å². The molecular weight excluding hydrogens is 590 g/mol. The largest absolute Gasteiger partial charge is 0.496 e. The van der Waals surface area contributed by atoms with Crippen LogP contribution in [-0.4, -0.2) is 98.5 Å². The van der Waals surface area contributed by atoms with Crippen LogP contribution in [0.3, 0.4) is 0 Å². The smallest absolute Gasteiger partial charge is 0.270 e. The highest BCUT2D eigenvalue weighted by Gasteiger charge is 2.33. The second-order valence-electron chi connectivity index (χ2n) is 11.5. The molecule has 4 atom stereocenters. The molecule has 0 fully saturated rings. The van der Waals surface area contributed by atoms with Crippen LogP contribution >= 0.6 is 0 Å². The number of hydrogen-bond donors (Lipinski definition) is 5. The van der Waals surface area contributed by atoms with Crippen LogP contribution in [0, 0.1) is 6.92 Å². The van der Waals surface area contributed by atoms with Crippen LogP contribution in [0.5, 0.6) is 5.75 Å². The Labute approximate surface area is 267 Å². The summed E-state index contributed by atoms with van der Waals surface area (Å²) in [6, 6.07) is 24.3. The second-order valence-corrected chi connectivity index (χ2v) is 11.5. The van der Waals surface area contributed by atoms with Crippen LogP contribution in [0.15, 0.2) is 78.9 Å². The number of carbonyl (C=O) groups is 2. The van der Waals surface area contributed by atoms with E-state index in [-0.39, 0.29) is 19.0 Å². The Morgan fingerprint density at radius 3 is 2.28 bits per heavy atom. The molecule has 1 aliphatic heterocycles. The first kappa shape index (κ1) is 32.9. The Morgan fingerprint density at radius 1 is 0.870 bits per heavy atom. The number of aromatic nitrogens is 1. The minimum absolute atomic E-state index is 0.192. The van der Waals surface area contributed by atoms with E-state index in [9.17, 15) is 30.0 Å². The number of ether oxygens (including phenoxy) is 1. The number of aryl methyl sites for hydroxylation is 1. The molecule has 3 aromatic carbocycles. The number of nitrogens with zero attached hydrogens (tertiary/aromatic N) is 3. The van der Waals surface area contributed by atoms with Gasteiger partial charge in [0, 0.05) is 36.1 Å². The van der Waals surface area contributed by atoms with Crippen molar-refractivity contribution >= 4 is 17.5 Å². The molecule has 0 saturated heterocycles. The Bertz CT molecular complexity index is 1720. The molecule has 4 aromatic rings. The molecule has 242 valence electrons. The minimum Gasteiger partial charge on any atom is -0.496 e. The molecule has 2 amide bonds. The number of rotatable bonds is 10. The number of fused-ring (bicyclic) bond motifs is 2. The van der Waals surface area contributed by atoms with Gasteiger partial charge in [0.2, 0.25) is 0 Å². The van der Waals surface area contributed by atoms with Crippen molar-refractivity contribution in [3.63, 3.8) is 0 Å². The lowest BCUT2D eigenvalue weighted by Gasteiger charge is -2.28. The highest BCUT2D eigenvalue weighted by molar-refractivity contribution is 6.07. The van der Waals surface area contributed by atoms with E-state index < -0.39 is 36.9 Å². The van der Waals surface area contributed by atoms with Crippen molar-refractivity contribution in [2.45, 2.75) is 44.4 Å². The second kappa shape index (κ2) is 13.9. The number of carbonyl (C=O) groups excluding carboxylic acids is 2. The van der Waals surface area contributed by atoms with Gasteiger partial charge < -0.3 is 44.6 Å². The number of para-hydroxylation sites is 2. The van der Waals surface area contributed by atoms with Crippen LogP contribution in [0.1, 0.15) is 37.7 Å². The number of amides is 2. The highest BCUT2D eigenvalue weighted by atomic mass is 16.5. The monoisotopic (exact) mass is 629 g/mol. The Kier molecular flexibility index (Phi) is 9.90. The molecule has 0 saturated carbocycles. The van der Waals surface area contributed by atoms with Crippen LogP contribution in [0.2, 0.25) is 0 Å². The summed E-state index contributed by atoms with van der Waals surface area (Å²) < 4.78 is 7.37. The average Bonchev–Trinajstić information content (AvgIpc) is 3.38. The van der Waals surface area contributed by atoms with Crippen LogP contribution in [-0.2, 0) is 13.1 Å². The number of anilines is 1. The van der Waals surface area contributed by atoms with Gasteiger partial charge in [-0.25, -0.2) is 0 Å². The third-order valence-corrected chi connectivity index (χ3v) is 8.47. The first-order chi connectivity index (χ1) is 22.0. The fourth-order valence-corrected chi connectivity index (χ4v) is 5.88. The zero-order valence-electron chi connectivity index (χ0n) is 25.9. The lowest BCUT2D eigenvalue weighted by molar-refractivity contribution is -0.117. The number of benzene rings is 3. The maximum atomic E-state index is 14.1. The number of likely N-dealkylation sites (N-methyl/N-ethyl adjacent to an activating group) is 1. The molecule has 0 spiro atoms. The third kappa shape index (κ3) is 6.41. The van der Waals surface area contributed by atoms with Crippen LogP contribution in [0.25, 0.3) is 11.1 Å². The molecule has 0 bridgehead atoms. The van der Waals surface area contributed by atoms with Gasteiger partial charge >= 0.3 is 0 Å². The average molecular weight is 630 g/mol. The molecule has 5 N–H and O–H groups in total.